The molecule has 3 heteroatoms. The Morgan fingerprint density at radius 3 is 2.27 bits per heavy atom. The van der Waals surface area contributed by atoms with Crippen molar-refractivity contribution in [1.29, 1.82) is 0 Å². The number of rotatable bonds is 3. The number of carbonyl (C=O) groups is 2. The molecule has 2 fully saturated rings. The van der Waals surface area contributed by atoms with E-state index in [-0.39, 0.29) is 28.6 Å². The molecule has 0 saturated heterocycles. The van der Waals surface area contributed by atoms with E-state index >= 15 is 0 Å². The largest absolute Gasteiger partial charge is 0.349 e. The monoisotopic (exact) mass is 299 g/mol. The summed E-state index contributed by atoms with van der Waals surface area (Å²) in [6, 6.07) is 9.93. The lowest BCUT2D eigenvalue weighted by Gasteiger charge is -2.39. The maximum Gasteiger partial charge on any atom is 0.227 e. The second-order valence-corrected chi connectivity index (χ2v) is 7.74. The van der Waals surface area contributed by atoms with Gasteiger partial charge in [0.2, 0.25) is 5.91 Å². The van der Waals surface area contributed by atoms with E-state index in [9.17, 15) is 9.59 Å². The lowest BCUT2D eigenvalue weighted by atomic mass is 9.64. The summed E-state index contributed by atoms with van der Waals surface area (Å²) in [4.78, 5) is 25.5. The molecule has 0 unspecified atom stereocenters. The van der Waals surface area contributed by atoms with Crippen LogP contribution >= 0.6 is 0 Å². The van der Waals surface area contributed by atoms with E-state index in [2.05, 4.69) is 19.2 Å². The topological polar surface area (TPSA) is 46.2 Å². The van der Waals surface area contributed by atoms with Crippen molar-refractivity contribution in [2.45, 2.75) is 53.0 Å². The molecule has 118 valence electrons. The number of nitrogens with one attached hydrogen (secondary N) is 1. The van der Waals surface area contributed by atoms with Crippen LogP contribution in [0.5, 0.6) is 0 Å². The fourth-order valence-electron chi connectivity index (χ4n) is 4.52. The van der Waals surface area contributed by atoms with Crippen molar-refractivity contribution in [2.24, 2.45) is 16.2 Å². The van der Waals surface area contributed by atoms with Crippen LogP contribution in [0.3, 0.4) is 0 Å². The number of carbonyl (C=O) groups excluding carboxylic acids is 2. The third kappa shape index (κ3) is 1.74. The first kappa shape index (κ1) is 15.3. The average molecular weight is 299 g/mol. The fraction of sp³-hybridized carbons (Fsp3) is 0.579. The van der Waals surface area contributed by atoms with Gasteiger partial charge in [-0.05, 0) is 30.7 Å². The smallest absolute Gasteiger partial charge is 0.227 e. The zero-order valence-electron chi connectivity index (χ0n) is 13.9. The van der Waals surface area contributed by atoms with Crippen molar-refractivity contribution in [3.63, 3.8) is 0 Å². The van der Waals surface area contributed by atoms with E-state index in [4.69, 9.17) is 0 Å². The minimum absolute atomic E-state index is 0.0403. The maximum absolute atomic E-state index is 13.0. The highest BCUT2D eigenvalue weighted by molar-refractivity contribution is 5.99. The van der Waals surface area contributed by atoms with Gasteiger partial charge in [0, 0.05) is 11.8 Å². The maximum atomic E-state index is 13.0. The normalized spacial score (nSPS) is 33.7. The van der Waals surface area contributed by atoms with Crippen molar-refractivity contribution in [2.75, 3.05) is 0 Å². The van der Waals surface area contributed by atoms with Gasteiger partial charge in [-0.1, -0.05) is 51.1 Å². The van der Waals surface area contributed by atoms with E-state index in [0.29, 0.717) is 6.42 Å². The summed E-state index contributed by atoms with van der Waals surface area (Å²) in [5, 5.41) is 3.16. The Balaban J connectivity index is 1.85. The Kier molecular flexibility index (Phi) is 3.24. The van der Waals surface area contributed by atoms with Gasteiger partial charge < -0.3 is 5.32 Å². The molecule has 2 saturated carbocycles. The van der Waals surface area contributed by atoms with E-state index in [1.807, 2.05) is 44.2 Å². The van der Waals surface area contributed by atoms with Crippen LogP contribution < -0.4 is 5.32 Å². The van der Waals surface area contributed by atoms with Crippen molar-refractivity contribution in [3.8, 4) is 0 Å². The number of ketones is 1. The Morgan fingerprint density at radius 1 is 1.14 bits per heavy atom. The summed E-state index contributed by atoms with van der Waals surface area (Å²) in [5.74, 6) is 0.301. The Hall–Kier alpha value is -1.64. The number of hydrogen-bond donors (Lipinski definition) is 1. The van der Waals surface area contributed by atoms with Gasteiger partial charge in [0.05, 0.1) is 11.5 Å². The van der Waals surface area contributed by atoms with E-state index in [0.717, 1.165) is 18.4 Å². The average Bonchev–Trinajstić information content (AvgIpc) is 2.78. The Labute approximate surface area is 132 Å². The van der Waals surface area contributed by atoms with Gasteiger partial charge in [-0.15, -0.1) is 0 Å². The Morgan fingerprint density at radius 2 is 1.77 bits per heavy atom. The standard InChI is InChI=1S/C19H25NO2/c1-13(14-8-6-5-7-9-14)20-16(22)19-11-10-18(4,15(21)12-19)17(19,2)3/h5-9,13H,10-12H2,1-4H3,(H,20,22)/t13-,18-,19+/m0/s1. The minimum atomic E-state index is -0.540. The first-order chi connectivity index (χ1) is 10.2. The number of amides is 1. The summed E-state index contributed by atoms with van der Waals surface area (Å²) in [6.45, 7) is 8.23. The predicted molar refractivity (Wildman–Crippen MR) is 86.2 cm³/mol. The van der Waals surface area contributed by atoms with Crippen LogP contribution in [-0.4, -0.2) is 11.7 Å². The van der Waals surface area contributed by atoms with Gasteiger partial charge in [-0.3, -0.25) is 9.59 Å². The SMILES string of the molecule is C[C@H](NC(=O)[C@@]12CC[C@@](C)(C(=O)C1)C2(C)C)c1ccccc1. The Bertz CT molecular complexity index is 622. The molecule has 2 aliphatic carbocycles. The molecule has 1 aromatic rings. The predicted octanol–water partition coefficient (Wildman–Crippen LogP) is 3.65. The van der Waals surface area contributed by atoms with Gasteiger partial charge >= 0.3 is 0 Å². The highest BCUT2D eigenvalue weighted by Crippen LogP contribution is 2.70. The highest BCUT2D eigenvalue weighted by Gasteiger charge is 2.72. The molecule has 1 aromatic carbocycles. The molecule has 0 aromatic heterocycles. The molecular weight excluding hydrogens is 274 g/mol. The van der Waals surface area contributed by atoms with Crippen LogP contribution in [0.15, 0.2) is 30.3 Å². The zero-order chi connectivity index (χ0) is 16.2. The van der Waals surface area contributed by atoms with Crippen LogP contribution in [0.4, 0.5) is 0 Å². The number of benzene rings is 1. The lowest BCUT2D eigenvalue weighted by molar-refractivity contribution is -0.137. The molecule has 0 aliphatic heterocycles. The molecule has 2 bridgehead atoms. The molecule has 1 amide bonds. The van der Waals surface area contributed by atoms with Crippen molar-refractivity contribution >= 4 is 11.7 Å². The first-order valence-electron chi connectivity index (χ1n) is 8.14. The van der Waals surface area contributed by atoms with Crippen LogP contribution in [0, 0.1) is 16.2 Å². The molecule has 3 nitrogen and oxygen atoms in total. The first-order valence-corrected chi connectivity index (χ1v) is 8.14. The summed E-state index contributed by atoms with van der Waals surface area (Å²) in [7, 11) is 0. The molecular formula is C19H25NO2. The van der Waals surface area contributed by atoms with Gasteiger partial charge in [0.25, 0.3) is 0 Å². The summed E-state index contributed by atoms with van der Waals surface area (Å²) >= 11 is 0. The summed E-state index contributed by atoms with van der Waals surface area (Å²) in [5.41, 5.74) is -0.0742. The summed E-state index contributed by atoms with van der Waals surface area (Å²) in [6.07, 6.45) is 2.03. The highest BCUT2D eigenvalue weighted by atomic mass is 16.2. The third-order valence-corrected chi connectivity index (χ3v) is 6.79. The quantitative estimate of drug-likeness (QED) is 0.926. The lowest BCUT2D eigenvalue weighted by Crippen LogP contribution is -2.47. The van der Waals surface area contributed by atoms with Gasteiger partial charge in [-0.2, -0.15) is 0 Å². The molecule has 0 spiro atoms. The van der Waals surface area contributed by atoms with Crippen molar-refractivity contribution < 1.29 is 9.59 Å². The van der Waals surface area contributed by atoms with Crippen LogP contribution in [0.25, 0.3) is 0 Å². The van der Waals surface area contributed by atoms with Crippen LogP contribution in [0.2, 0.25) is 0 Å². The van der Waals surface area contributed by atoms with Gasteiger partial charge in [0.1, 0.15) is 5.78 Å². The molecule has 0 heterocycles. The van der Waals surface area contributed by atoms with Crippen LogP contribution in [0.1, 0.15) is 58.6 Å². The van der Waals surface area contributed by atoms with E-state index in [1.165, 1.54) is 0 Å². The molecule has 3 atom stereocenters. The second kappa shape index (κ2) is 4.68. The molecule has 1 N–H and O–H groups in total. The van der Waals surface area contributed by atoms with Crippen molar-refractivity contribution in [1.82, 2.24) is 5.32 Å². The molecule has 22 heavy (non-hydrogen) atoms. The minimum Gasteiger partial charge on any atom is -0.349 e. The van der Waals surface area contributed by atoms with Gasteiger partial charge in [-0.25, -0.2) is 0 Å². The number of Topliss-reactive ketones (excluding diaryl/α,β-unsaturated/α-hetero) is 1. The third-order valence-electron chi connectivity index (χ3n) is 6.79. The molecule has 0 radical (unpaired) electrons. The second-order valence-electron chi connectivity index (χ2n) is 7.74. The molecule has 3 rings (SSSR count). The van der Waals surface area contributed by atoms with Crippen molar-refractivity contribution in [3.05, 3.63) is 35.9 Å². The summed E-state index contributed by atoms with van der Waals surface area (Å²) < 4.78 is 0. The fourth-order valence-corrected chi connectivity index (χ4v) is 4.52. The number of hydrogen-bond acceptors (Lipinski definition) is 2. The van der Waals surface area contributed by atoms with Gasteiger partial charge in [0.15, 0.2) is 0 Å². The van der Waals surface area contributed by atoms with E-state index < -0.39 is 5.41 Å². The van der Waals surface area contributed by atoms with Crippen LogP contribution in [-0.2, 0) is 9.59 Å². The van der Waals surface area contributed by atoms with E-state index in [1.54, 1.807) is 0 Å². The molecule has 2 aliphatic rings. The zero-order valence-corrected chi connectivity index (χ0v) is 13.9. The number of fused-ring (bicyclic) bond motifs is 2.